The zero-order valence-corrected chi connectivity index (χ0v) is 14.7. The molecule has 1 saturated carbocycles. The summed E-state index contributed by atoms with van der Waals surface area (Å²) in [5, 5.41) is 15.1. The highest BCUT2D eigenvalue weighted by atomic mass is 19.1. The summed E-state index contributed by atoms with van der Waals surface area (Å²) in [7, 11) is 0. The maximum Gasteiger partial charge on any atom is 0.261 e. The molecular formula is C19H15FN6O2. The van der Waals surface area contributed by atoms with Gasteiger partial charge in [-0.2, -0.15) is 4.98 Å². The van der Waals surface area contributed by atoms with Gasteiger partial charge in [-0.3, -0.25) is 9.20 Å². The third-order valence-electron chi connectivity index (χ3n) is 4.57. The number of rotatable bonds is 5. The second-order valence-corrected chi connectivity index (χ2v) is 6.70. The minimum Gasteiger partial charge on any atom is -0.334 e. The zero-order chi connectivity index (χ0) is 19.1. The minimum atomic E-state index is -0.361. The van der Waals surface area contributed by atoms with Crippen LogP contribution in [-0.4, -0.2) is 30.6 Å². The van der Waals surface area contributed by atoms with Gasteiger partial charge in [-0.1, -0.05) is 5.16 Å². The molecule has 5 rings (SSSR count). The van der Waals surface area contributed by atoms with Crippen LogP contribution in [0.3, 0.4) is 0 Å². The smallest absolute Gasteiger partial charge is 0.261 e. The van der Waals surface area contributed by atoms with Crippen molar-refractivity contribution in [3.05, 3.63) is 60.1 Å². The molecule has 0 unspecified atom stereocenters. The molecule has 3 aromatic heterocycles. The highest BCUT2D eigenvalue weighted by Crippen LogP contribution is 2.39. The van der Waals surface area contributed by atoms with E-state index in [-0.39, 0.29) is 18.1 Å². The van der Waals surface area contributed by atoms with Gasteiger partial charge in [0.2, 0.25) is 5.91 Å². The third kappa shape index (κ3) is 3.11. The van der Waals surface area contributed by atoms with E-state index in [0.29, 0.717) is 34.5 Å². The summed E-state index contributed by atoms with van der Waals surface area (Å²) in [4.78, 5) is 16.8. The first-order valence-electron chi connectivity index (χ1n) is 8.89. The second-order valence-electron chi connectivity index (χ2n) is 6.70. The van der Waals surface area contributed by atoms with Crippen LogP contribution in [0.2, 0.25) is 0 Å². The number of hydrogen-bond acceptors (Lipinski definition) is 6. The fourth-order valence-electron chi connectivity index (χ4n) is 2.98. The first-order chi connectivity index (χ1) is 13.7. The number of pyridine rings is 1. The van der Waals surface area contributed by atoms with Gasteiger partial charge in [-0.25, -0.2) is 4.39 Å². The number of hydrogen-bond donors (Lipinski definition) is 1. The van der Waals surface area contributed by atoms with E-state index >= 15 is 0 Å². The van der Waals surface area contributed by atoms with Gasteiger partial charge in [0.15, 0.2) is 11.5 Å². The Morgan fingerprint density at radius 2 is 2.04 bits per heavy atom. The quantitative estimate of drug-likeness (QED) is 0.573. The Morgan fingerprint density at radius 1 is 1.21 bits per heavy atom. The van der Waals surface area contributed by atoms with E-state index in [0.717, 1.165) is 18.7 Å². The molecule has 0 spiro atoms. The Balaban J connectivity index is 1.39. The Hall–Kier alpha value is -3.62. The molecule has 1 amide bonds. The molecule has 0 atom stereocenters. The lowest BCUT2D eigenvalue weighted by Gasteiger charge is -2.04. The van der Waals surface area contributed by atoms with Gasteiger partial charge in [-0.05, 0) is 49.2 Å². The van der Waals surface area contributed by atoms with Crippen molar-refractivity contribution in [3.8, 4) is 11.5 Å². The molecule has 0 bridgehead atoms. The van der Waals surface area contributed by atoms with Crippen molar-refractivity contribution in [1.29, 1.82) is 0 Å². The summed E-state index contributed by atoms with van der Waals surface area (Å²) in [5.74, 6) is 1.33. The van der Waals surface area contributed by atoms with Crippen LogP contribution in [-0.2, 0) is 11.2 Å². The van der Waals surface area contributed by atoms with Crippen LogP contribution >= 0.6 is 0 Å². The van der Waals surface area contributed by atoms with Crippen LogP contribution in [0.25, 0.3) is 17.1 Å². The van der Waals surface area contributed by atoms with Crippen LogP contribution in [0.1, 0.15) is 30.4 Å². The van der Waals surface area contributed by atoms with Crippen molar-refractivity contribution in [2.24, 2.45) is 0 Å². The molecule has 140 valence electrons. The molecule has 28 heavy (non-hydrogen) atoms. The average molecular weight is 378 g/mol. The molecule has 0 aliphatic heterocycles. The van der Waals surface area contributed by atoms with Gasteiger partial charge in [0.1, 0.15) is 11.6 Å². The van der Waals surface area contributed by atoms with E-state index in [2.05, 4.69) is 25.7 Å². The van der Waals surface area contributed by atoms with Crippen LogP contribution in [0.4, 0.5) is 10.1 Å². The number of carbonyl (C=O) groups is 1. The van der Waals surface area contributed by atoms with E-state index < -0.39 is 0 Å². The first-order valence-corrected chi connectivity index (χ1v) is 8.89. The van der Waals surface area contributed by atoms with Gasteiger partial charge < -0.3 is 9.84 Å². The predicted octanol–water partition coefficient (Wildman–Crippen LogP) is 2.98. The maximum absolute atomic E-state index is 13.0. The molecule has 0 saturated heterocycles. The number of nitrogens with one attached hydrogen (secondary N) is 1. The summed E-state index contributed by atoms with van der Waals surface area (Å²) < 4.78 is 20.1. The van der Waals surface area contributed by atoms with E-state index in [4.69, 9.17) is 4.52 Å². The molecule has 1 fully saturated rings. The van der Waals surface area contributed by atoms with Crippen molar-refractivity contribution in [2.75, 3.05) is 5.32 Å². The molecule has 4 aromatic rings. The standard InChI is InChI=1S/C19H15FN6O2/c20-12-5-7-13(8-6-12)21-16(27)10-15-23-24-18-14(2-1-9-26(15)18)19-22-17(25-28-19)11-3-4-11/h1-2,5-9,11H,3-4,10H2,(H,21,27). The van der Waals surface area contributed by atoms with Crippen LogP contribution in [0, 0.1) is 5.82 Å². The molecule has 3 heterocycles. The van der Waals surface area contributed by atoms with Crippen LogP contribution in [0.5, 0.6) is 0 Å². The van der Waals surface area contributed by atoms with Gasteiger partial charge in [0.25, 0.3) is 5.89 Å². The molecule has 1 aliphatic rings. The molecule has 1 aromatic carbocycles. The largest absolute Gasteiger partial charge is 0.334 e. The number of amides is 1. The monoisotopic (exact) mass is 378 g/mol. The molecule has 8 nitrogen and oxygen atoms in total. The molecular weight excluding hydrogens is 363 g/mol. The maximum atomic E-state index is 13.0. The SMILES string of the molecule is O=C(Cc1nnc2c(-c3nc(C4CC4)no3)cccn12)Nc1ccc(F)cc1. The number of carbonyl (C=O) groups excluding carboxylic acids is 1. The van der Waals surface area contributed by atoms with Crippen molar-refractivity contribution in [1.82, 2.24) is 24.7 Å². The van der Waals surface area contributed by atoms with E-state index in [9.17, 15) is 9.18 Å². The van der Waals surface area contributed by atoms with E-state index in [1.165, 1.54) is 24.3 Å². The van der Waals surface area contributed by atoms with Gasteiger partial charge in [0.05, 0.1) is 12.0 Å². The molecule has 1 N–H and O–H groups in total. The predicted molar refractivity (Wildman–Crippen MR) is 97.0 cm³/mol. The van der Waals surface area contributed by atoms with E-state index in [1.54, 1.807) is 10.6 Å². The fraction of sp³-hybridized carbons (Fsp3) is 0.211. The highest BCUT2D eigenvalue weighted by Gasteiger charge is 2.29. The number of aromatic nitrogens is 5. The number of benzene rings is 1. The number of nitrogens with zero attached hydrogens (tertiary/aromatic N) is 5. The molecule has 1 aliphatic carbocycles. The topological polar surface area (TPSA) is 98.2 Å². The minimum absolute atomic E-state index is 0.0130. The van der Waals surface area contributed by atoms with Gasteiger partial charge in [0, 0.05) is 17.8 Å². The Bertz CT molecular complexity index is 1160. The lowest BCUT2D eigenvalue weighted by atomic mass is 10.2. The normalized spacial score (nSPS) is 13.8. The first kappa shape index (κ1) is 16.5. The van der Waals surface area contributed by atoms with Crippen LogP contribution < -0.4 is 5.32 Å². The van der Waals surface area contributed by atoms with Crippen molar-refractivity contribution >= 4 is 17.2 Å². The Morgan fingerprint density at radius 3 is 2.82 bits per heavy atom. The Kier molecular flexibility index (Phi) is 3.85. The van der Waals surface area contributed by atoms with Crippen LogP contribution in [0.15, 0.2) is 47.1 Å². The summed E-state index contributed by atoms with van der Waals surface area (Å²) in [6.07, 6.45) is 3.96. The second kappa shape index (κ2) is 6.52. The van der Waals surface area contributed by atoms with Gasteiger partial charge >= 0.3 is 0 Å². The number of fused-ring (bicyclic) bond motifs is 1. The van der Waals surface area contributed by atoms with Crippen molar-refractivity contribution in [2.45, 2.75) is 25.2 Å². The van der Waals surface area contributed by atoms with Gasteiger partial charge in [-0.15, -0.1) is 10.2 Å². The molecule has 9 heteroatoms. The summed E-state index contributed by atoms with van der Waals surface area (Å²) in [6.45, 7) is 0. The summed E-state index contributed by atoms with van der Waals surface area (Å²) >= 11 is 0. The summed E-state index contributed by atoms with van der Waals surface area (Å²) in [5.41, 5.74) is 1.72. The zero-order valence-electron chi connectivity index (χ0n) is 14.7. The van der Waals surface area contributed by atoms with E-state index in [1.807, 2.05) is 12.1 Å². The molecule has 0 radical (unpaired) electrons. The number of halogens is 1. The Labute approximate surface area is 158 Å². The fourth-order valence-corrected chi connectivity index (χ4v) is 2.98. The third-order valence-corrected chi connectivity index (χ3v) is 4.57. The van der Waals surface area contributed by atoms with Crippen molar-refractivity contribution < 1.29 is 13.7 Å². The average Bonchev–Trinajstić information content (AvgIpc) is 3.29. The summed E-state index contributed by atoms with van der Waals surface area (Å²) in [6, 6.07) is 9.22. The lowest BCUT2D eigenvalue weighted by Crippen LogP contribution is -2.16. The van der Waals surface area contributed by atoms with Crippen molar-refractivity contribution in [3.63, 3.8) is 0 Å². The lowest BCUT2D eigenvalue weighted by molar-refractivity contribution is -0.115. The highest BCUT2D eigenvalue weighted by molar-refractivity contribution is 5.92. The number of anilines is 1.